The van der Waals surface area contributed by atoms with Gasteiger partial charge in [-0.15, -0.1) is 0 Å². The average Bonchev–Trinajstić information content (AvgIpc) is 2.62. The molecule has 2 rings (SSSR count). The van der Waals surface area contributed by atoms with Crippen LogP contribution in [0.25, 0.3) is 0 Å². The number of amides is 2. The molecule has 0 radical (unpaired) electrons. The maximum absolute atomic E-state index is 12.8. The Hall–Kier alpha value is -1.84. The van der Waals surface area contributed by atoms with Gasteiger partial charge in [-0.05, 0) is 32.3 Å². The molecule has 1 atom stereocenters. The molecule has 1 fully saturated rings. The number of nitrogens with zero attached hydrogens (tertiary/aromatic N) is 1. The molecule has 0 aliphatic heterocycles. The highest BCUT2D eigenvalue weighted by molar-refractivity contribution is 5.89. The van der Waals surface area contributed by atoms with Crippen molar-refractivity contribution in [1.29, 1.82) is 0 Å². The highest BCUT2D eigenvalue weighted by atomic mass is 16.2. The number of hydrogen-bond donors (Lipinski definition) is 1. The van der Waals surface area contributed by atoms with Crippen molar-refractivity contribution in [3.8, 4) is 0 Å². The fourth-order valence-electron chi connectivity index (χ4n) is 3.28. The van der Waals surface area contributed by atoms with Crippen molar-refractivity contribution in [3.63, 3.8) is 0 Å². The van der Waals surface area contributed by atoms with E-state index in [1.165, 1.54) is 6.42 Å². The highest BCUT2D eigenvalue weighted by Crippen LogP contribution is 2.25. The van der Waals surface area contributed by atoms with Gasteiger partial charge in [-0.25, -0.2) is 0 Å². The number of carbonyl (C=O) groups excluding carboxylic acids is 2. The van der Waals surface area contributed by atoms with Gasteiger partial charge in [0.05, 0.1) is 0 Å². The first-order valence-electron chi connectivity index (χ1n) is 8.81. The third-order valence-electron chi connectivity index (χ3n) is 4.72. The van der Waals surface area contributed by atoms with Gasteiger partial charge in [-0.1, -0.05) is 49.6 Å². The molecule has 1 N–H and O–H groups in total. The van der Waals surface area contributed by atoms with Crippen molar-refractivity contribution in [1.82, 2.24) is 10.2 Å². The van der Waals surface area contributed by atoms with Crippen LogP contribution in [0.2, 0.25) is 0 Å². The predicted octanol–water partition coefficient (Wildman–Crippen LogP) is 3.29. The zero-order valence-electron chi connectivity index (χ0n) is 14.3. The monoisotopic (exact) mass is 316 g/mol. The first-order valence-corrected chi connectivity index (χ1v) is 8.81. The molecule has 1 aromatic carbocycles. The van der Waals surface area contributed by atoms with Gasteiger partial charge < -0.3 is 10.2 Å². The van der Waals surface area contributed by atoms with Crippen LogP contribution in [0, 0.1) is 5.92 Å². The smallest absolute Gasteiger partial charge is 0.249 e. The van der Waals surface area contributed by atoms with Crippen molar-refractivity contribution in [2.75, 3.05) is 13.1 Å². The molecule has 2 amide bonds. The van der Waals surface area contributed by atoms with Crippen molar-refractivity contribution in [2.24, 2.45) is 5.92 Å². The topological polar surface area (TPSA) is 49.4 Å². The lowest BCUT2D eigenvalue weighted by Gasteiger charge is -2.28. The van der Waals surface area contributed by atoms with Crippen molar-refractivity contribution in [3.05, 3.63) is 35.9 Å². The quantitative estimate of drug-likeness (QED) is 0.875. The minimum absolute atomic E-state index is 0.0228. The van der Waals surface area contributed by atoms with Crippen LogP contribution in [0.4, 0.5) is 0 Å². The van der Waals surface area contributed by atoms with E-state index in [0.29, 0.717) is 13.1 Å². The minimum atomic E-state index is -0.578. The van der Waals surface area contributed by atoms with Crippen LogP contribution in [-0.4, -0.2) is 29.8 Å². The van der Waals surface area contributed by atoms with Crippen LogP contribution in [0.3, 0.4) is 0 Å². The summed E-state index contributed by atoms with van der Waals surface area (Å²) in [7, 11) is 0. The molecule has 1 aliphatic carbocycles. The number of carbonyl (C=O) groups is 2. The van der Waals surface area contributed by atoms with Gasteiger partial charge in [0, 0.05) is 19.0 Å². The zero-order valence-corrected chi connectivity index (χ0v) is 14.3. The van der Waals surface area contributed by atoms with Crippen LogP contribution in [0.15, 0.2) is 30.3 Å². The fourth-order valence-corrected chi connectivity index (χ4v) is 3.28. The Labute approximate surface area is 139 Å². The van der Waals surface area contributed by atoms with Gasteiger partial charge >= 0.3 is 0 Å². The summed E-state index contributed by atoms with van der Waals surface area (Å²) in [5.74, 6) is 0.0592. The molecule has 4 nitrogen and oxygen atoms in total. The van der Waals surface area contributed by atoms with E-state index in [0.717, 1.165) is 31.2 Å². The van der Waals surface area contributed by atoms with Crippen molar-refractivity contribution < 1.29 is 9.59 Å². The Kier molecular flexibility index (Phi) is 6.63. The van der Waals surface area contributed by atoms with Crippen molar-refractivity contribution in [2.45, 2.75) is 52.0 Å². The van der Waals surface area contributed by atoms with E-state index in [1.807, 2.05) is 44.2 Å². The number of rotatable bonds is 6. The summed E-state index contributed by atoms with van der Waals surface area (Å²) in [4.78, 5) is 27.2. The van der Waals surface area contributed by atoms with Gasteiger partial charge in [-0.3, -0.25) is 9.59 Å². The Morgan fingerprint density at radius 1 is 1.09 bits per heavy atom. The molecule has 23 heavy (non-hydrogen) atoms. The molecule has 4 heteroatoms. The lowest BCUT2D eigenvalue weighted by Crippen LogP contribution is -2.44. The second-order valence-corrected chi connectivity index (χ2v) is 6.20. The third kappa shape index (κ3) is 4.57. The summed E-state index contributed by atoms with van der Waals surface area (Å²) in [6.07, 6.45) is 5.31. The van der Waals surface area contributed by atoms with Crippen molar-refractivity contribution >= 4 is 11.8 Å². The third-order valence-corrected chi connectivity index (χ3v) is 4.72. The predicted molar refractivity (Wildman–Crippen MR) is 91.8 cm³/mol. The SMILES string of the molecule is CCN(CC)C(=O)[C@@H](NC(=O)C1CCCCC1)c1ccccc1. The number of likely N-dealkylation sites (N-methyl/N-ethyl adjacent to an activating group) is 1. The first kappa shape index (κ1) is 17.5. The van der Waals surface area contributed by atoms with E-state index in [9.17, 15) is 9.59 Å². The van der Waals surface area contributed by atoms with Crippen LogP contribution in [-0.2, 0) is 9.59 Å². The Balaban J connectivity index is 2.16. The molecule has 126 valence electrons. The number of nitrogens with one attached hydrogen (secondary N) is 1. The van der Waals surface area contributed by atoms with Gasteiger partial charge in [0.25, 0.3) is 0 Å². The zero-order chi connectivity index (χ0) is 16.7. The molecule has 0 aromatic heterocycles. The molecule has 0 unspecified atom stereocenters. The van der Waals surface area contributed by atoms with E-state index < -0.39 is 6.04 Å². The molecule has 0 saturated heterocycles. The van der Waals surface area contributed by atoms with E-state index in [2.05, 4.69) is 5.32 Å². The summed E-state index contributed by atoms with van der Waals surface area (Å²) in [5, 5.41) is 3.02. The summed E-state index contributed by atoms with van der Waals surface area (Å²) in [6.45, 7) is 5.23. The van der Waals surface area contributed by atoms with Gasteiger partial charge in [-0.2, -0.15) is 0 Å². The Bertz CT molecular complexity index is 505. The number of benzene rings is 1. The Morgan fingerprint density at radius 2 is 1.70 bits per heavy atom. The summed E-state index contributed by atoms with van der Waals surface area (Å²) in [6, 6.07) is 8.98. The second-order valence-electron chi connectivity index (χ2n) is 6.20. The van der Waals surface area contributed by atoms with Crippen LogP contribution in [0.1, 0.15) is 57.6 Å². The fraction of sp³-hybridized carbons (Fsp3) is 0.579. The first-order chi connectivity index (χ1) is 11.2. The van der Waals surface area contributed by atoms with Gasteiger partial charge in [0.1, 0.15) is 6.04 Å². The van der Waals surface area contributed by atoms with Gasteiger partial charge in [0.15, 0.2) is 0 Å². The molecular formula is C19H28N2O2. The Morgan fingerprint density at radius 3 is 2.26 bits per heavy atom. The molecule has 1 saturated carbocycles. The van der Waals surface area contributed by atoms with Gasteiger partial charge in [0.2, 0.25) is 11.8 Å². The maximum Gasteiger partial charge on any atom is 0.249 e. The molecular weight excluding hydrogens is 288 g/mol. The number of hydrogen-bond acceptors (Lipinski definition) is 2. The highest BCUT2D eigenvalue weighted by Gasteiger charge is 2.29. The summed E-state index contributed by atoms with van der Waals surface area (Å²) >= 11 is 0. The standard InChI is InChI=1S/C19H28N2O2/c1-3-21(4-2)19(23)17(15-11-7-5-8-12-15)20-18(22)16-13-9-6-10-14-16/h5,7-8,11-12,16-17H,3-4,6,9-10,13-14H2,1-2H3,(H,20,22)/t17-/m0/s1. The van der Waals surface area contributed by atoms with Crippen LogP contribution < -0.4 is 5.32 Å². The minimum Gasteiger partial charge on any atom is -0.341 e. The summed E-state index contributed by atoms with van der Waals surface area (Å²) < 4.78 is 0. The lowest BCUT2D eigenvalue weighted by atomic mass is 9.88. The lowest BCUT2D eigenvalue weighted by molar-refractivity contribution is -0.137. The van der Waals surface area contributed by atoms with Crippen LogP contribution >= 0.6 is 0 Å². The average molecular weight is 316 g/mol. The largest absolute Gasteiger partial charge is 0.341 e. The molecule has 1 aromatic rings. The van der Waals surface area contributed by atoms with E-state index in [-0.39, 0.29) is 17.7 Å². The second kappa shape index (κ2) is 8.70. The van der Waals surface area contributed by atoms with E-state index in [4.69, 9.17) is 0 Å². The summed E-state index contributed by atoms with van der Waals surface area (Å²) in [5.41, 5.74) is 0.855. The molecule has 0 spiro atoms. The molecule has 0 heterocycles. The van der Waals surface area contributed by atoms with E-state index in [1.54, 1.807) is 4.90 Å². The van der Waals surface area contributed by atoms with Crippen LogP contribution in [0.5, 0.6) is 0 Å². The molecule has 1 aliphatic rings. The van der Waals surface area contributed by atoms with E-state index >= 15 is 0 Å². The molecule has 0 bridgehead atoms. The maximum atomic E-state index is 12.8. The normalized spacial score (nSPS) is 16.6.